The van der Waals surface area contributed by atoms with Crippen LogP contribution in [0.15, 0.2) is 23.2 Å². The second-order valence-corrected chi connectivity index (χ2v) is 7.42. The van der Waals surface area contributed by atoms with Crippen LogP contribution in [-0.2, 0) is 10.0 Å². The maximum atomic E-state index is 12.5. The Balaban J connectivity index is 2.06. The van der Waals surface area contributed by atoms with Crippen LogP contribution < -0.4 is 10.0 Å². The van der Waals surface area contributed by atoms with Crippen molar-refractivity contribution in [3.63, 3.8) is 0 Å². The topological polar surface area (TPSA) is 71.1 Å². The predicted octanol–water partition coefficient (Wildman–Crippen LogP) is 2.76. The van der Waals surface area contributed by atoms with E-state index in [2.05, 4.69) is 21.9 Å². The number of anilines is 1. The Labute approximate surface area is 127 Å². The molecular weight excluding hydrogens is 286 g/mol. The zero-order valence-electron chi connectivity index (χ0n) is 12.8. The van der Waals surface area contributed by atoms with Crippen LogP contribution in [0.25, 0.3) is 0 Å². The first-order chi connectivity index (χ1) is 10.0. The van der Waals surface area contributed by atoms with E-state index in [-0.39, 0.29) is 10.9 Å². The number of rotatable bonds is 9. The third-order valence-electron chi connectivity index (χ3n) is 3.73. The number of hydrogen-bond donors (Lipinski definition) is 2. The Kier molecular flexibility index (Phi) is 5.58. The highest BCUT2D eigenvalue weighted by Gasteiger charge is 2.27. The Morgan fingerprint density at radius 3 is 2.76 bits per heavy atom. The Morgan fingerprint density at radius 2 is 2.14 bits per heavy atom. The van der Waals surface area contributed by atoms with Crippen molar-refractivity contribution in [1.29, 1.82) is 0 Å². The fourth-order valence-electron chi connectivity index (χ4n) is 2.27. The van der Waals surface area contributed by atoms with E-state index in [1.165, 1.54) is 19.0 Å². The van der Waals surface area contributed by atoms with Gasteiger partial charge in [-0.2, -0.15) is 0 Å². The van der Waals surface area contributed by atoms with E-state index in [0.29, 0.717) is 11.7 Å². The van der Waals surface area contributed by atoms with Gasteiger partial charge in [0.1, 0.15) is 5.82 Å². The van der Waals surface area contributed by atoms with E-state index in [4.69, 9.17) is 0 Å². The molecule has 1 fully saturated rings. The summed E-state index contributed by atoms with van der Waals surface area (Å²) in [6, 6.07) is 3.17. The molecule has 6 heteroatoms. The molecule has 0 aromatic carbocycles. The van der Waals surface area contributed by atoms with Gasteiger partial charge >= 0.3 is 0 Å². The molecule has 1 aromatic heterocycles. The van der Waals surface area contributed by atoms with Gasteiger partial charge in [-0.1, -0.05) is 26.7 Å². The first-order valence-corrected chi connectivity index (χ1v) is 9.25. The lowest BCUT2D eigenvalue weighted by Crippen LogP contribution is -2.34. The monoisotopic (exact) mass is 311 g/mol. The average Bonchev–Trinajstić information content (AvgIpc) is 3.28. The molecule has 1 atom stereocenters. The highest BCUT2D eigenvalue weighted by atomic mass is 32.2. The van der Waals surface area contributed by atoms with Crippen molar-refractivity contribution in [3.8, 4) is 0 Å². The zero-order chi connectivity index (χ0) is 15.3. The van der Waals surface area contributed by atoms with Crippen LogP contribution in [0.1, 0.15) is 46.0 Å². The van der Waals surface area contributed by atoms with E-state index in [9.17, 15) is 8.42 Å². The molecule has 0 bridgehead atoms. The molecule has 1 aliphatic rings. The number of pyridine rings is 1. The van der Waals surface area contributed by atoms with Gasteiger partial charge in [0.05, 0.1) is 4.90 Å². The van der Waals surface area contributed by atoms with Gasteiger partial charge in [0.15, 0.2) is 0 Å². The molecule has 118 valence electrons. The fourth-order valence-corrected chi connectivity index (χ4v) is 3.61. The lowest BCUT2D eigenvalue weighted by Gasteiger charge is -2.17. The van der Waals surface area contributed by atoms with Crippen molar-refractivity contribution in [2.75, 3.05) is 11.9 Å². The lowest BCUT2D eigenvalue weighted by molar-refractivity contribution is 0.495. The number of hydrogen-bond acceptors (Lipinski definition) is 4. The predicted molar refractivity (Wildman–Crippen MR) is 84.8 cm³/mol. The van der Waals surface area contributed by atoms with Crippen LogP contribution in [0.3, 0.4) is 0 Å². The summed E-state index contributed by atoms with van der Waals surface area (Å²) in [6.07, 6.45) is 6.74. The summed E-state index contributed by atoms with van der Waals surface area (Å²) >= 11 is 0. The summed E-state index contributed by atoms with van der Waals surface area (Å²) < 4.78 is 27.8. The van der Waals surface area contributed by atoms with E-state index < -0.39 is 10.0 Å². The van der Waals surface area contributed by atoms with E-state index in [0.717, 1.165) is 25.8 Å². The highest BCUT2D eigenvalue weighted by Crippen LogP contribution is 2.34. The van der Waals surface area contributed by atoms with Crippen molar-refractivity contribution < 1.29 is 8.42 Å². The molecule has 0 aliphatic heterocycles. The van der Waals surface area contributed by atoms with E-state index in [1.54, 1.807) is 12.1 Å². The first kappa shape index (κ1) is 16.2. The summed E-state index contributed by atoms with van der Waals surface area (Å²) in [4.78, 5) is 4.43. The van der Waals surface area contributed by atoms with E-state index in [1.807, 2.05) is 6.92 Å². The Hall–Kier alpha value is -1.14. The number of nitrogens with zero attached hydrogens (tertiary/aromatic N) is 1. The minimum atomic E-state index is -3.47. The van der Waals surface area contributed by atoms with Gasteiger partial charge in [0.2, 0.25) is 10.0 Å². The second kappa shape index (κ2) is 7.22. The van der Waals surface area contributed by atoms with Gasteiger partial charge in [-0.05, 0) is 31.2 Å². The van der Waals surface area contributed by atoms with Crippen LogP contribution in [-0.4, -0.2) is 26.0 Å². The SMILES string of the molecule is CCCNc1cc(S(=O)(=O)NC(CC)CC2CC2)ccn1. The van der Waals surface area contributed by atoms with Crippen molar-refractivity contribution in [2.24, 2.45) is 5.92 Å². The van der Waals surface area contributed by atoms with Gasteiger partial charge in [-0.3, -0.25) is 0 Å². The minimum Gasteiger partial charge on any atom is -0.370 e. The lowest BCUT2D eigenvalue weighted by atomic mass is 10.1. The minimum absolute atomic E-state index is 0.0303. The normalized spacial score (nSPS) is 16.7. The molecule has 5 nitrogen and oxygen atoms in total. The third kappa shape index (κ3) is 4.97. The van der Waals surface area contributed by atoms with Gasteiger partial charge in [-0.15, -0.1) is 0 Å². The molecule has 0 saturated heterocycles. The summed E-state index contributed by atoms with van der Waals surface area (Å²) in [5.74, 6) is 1.31. The van der Waals surface area contributed by atoms with E-state index >= 15 is 0 Å². The van der Waals surface area contributed by atoms with Crippen LogP contribution in [0, 0.1) is 5.92 Å². The number of nitrogens with one attached hydrogen (secondary N) is 2. The van der Waals surface area contributed by atoms with Crippen molar-refractivity contribution in [2.45, 2.75) is 56.9 Å². The van der Waals surface area contributed by atoms with Gasteiger partial charge < -0.3 is 5.32 Å². The molecule has 2 rings (SSSR count). The summed E-state index contributed by atoms with van der Waals surface area (Å²) in [5, 5.41) is 3.11. The first-order valence-electron chi connectivity index (χ1n) is 7.77. The van der Waals surface area contributed by atoms with Gasteiger partial charge in [0, 0.05) is 24.8 Å². The summed E-state index contributed by atoms with van der Waals surface area (Å²) in [5.41, 5.74) is 0. The molecule has 0 spiro atoms. The van der Waals surface area contributed by atoms with Crippen molar-refractivity contribution in [3.05, 3.63) is 18.3 Å². The molecule has 0 amide bonds. The third-order valence-corrected chi connectivity index (χ3v) is 5.25. The quantitative estimate of drug-likeness (QED) is 0.735. The maximum absolute atomic E-state index is 12.5. The van der Waals surface area contributed by atoms with Crippen LogP contribution in [0.5, 0.6) is 0 Å². The maximum Gasteiger partial charge on any atom is 0.241 e. The molecule has 1 saturated carbocycles. The van der Waals surface area contributed by atoms with Gasteiger partial charge in [-0.25, -0.2) is 18.1 Å². The molecule has 0 radical (unpaired) electrons. The molecule has 2 N–H and O–H groups in total. The zero-order valence-corrected chi connectivity index (χ0v) is 13.6. The number of aromatic nitrogens is 1. The average molecular weight is 311 g/mol. The summed E-state index contributed by atoms with van der Waals surface area (Å²) in [7, 11) is -3.47. The highest BCUT2D eigenvalue weighted by molar-refractivity contribution is 7.89. The Morgan fingerprint density at radius 1 is 1.38 bits per heavy atom. The summed E-state index contributed by atoms with van der Waals surface area (Å²) in [6.45, 7) is 4.86. The molecule has 1 aliphatic carbocycles. The van der Waals surface area contributed by atoms with Crippen molar-refractivity contribution in [1.82, 2.24) is 9.71 Å². The largest absolute Gasteiger partial charge is 0.370 e. The molecule has 1 aromatic rings. The molecule has 21 heavy (non-hydrogen) atoms. The van der Waals surface area contributed by atoms with Gasteiger partial charge in [0.25, 0.3) is 0 Å². The van der Waals surface area contributed by atoms with Crippen LogP contribution in [0.2, 0.25) is 0 Å². The van der Waals surface area contributed by atoms with Crippen LogP contribution >= 0.6 is 0 Å². The smallest absolute Gasteiger partial charge is 0.241 e. The standard InChI is InChI=1S/C15H25N3O2S/c1-3-8-16-15-11-14(7-9-17-15)21(19,20)18-13(4-2)10-12-5-6-12/h7,9,11-13,18H,3-6,8,10H2,1-2H3,(H,16,17). The van der Waals surface area contributed by atoms with Crippen molar-refractivity contribution >= 4 is 15.8 Å². The van der Waals surface area contributed by atoms with Crippen LogP contribution in [0.4, 0.5) is 5.82 Å². The molecule has 1 unspecified atom stereocenters. The Bertz CT molecular complexity index is 556. The molecule has 1 heterocycles. The molecular formula is C15H25N3O2S. The fraction of sp³-hybridized carbons (Fsp3) is 0.667. The number of sulfonamides is 1. The second-order valence-electron chi connectivity index (χ2n) is 5.71.